The summed E-state index contributed by atoms with van der Waals surface area (Å²) in [7, 11) is 1.69. The fraction of sp³-hybridized carbons (Fsp3) is 0.214. The lowest BCUT2D eigenvalue weighted by Crippen LogP contribution is -1.95. The van der Waals surface area contributed by atoms with E-state index < -0.39 is 0 Å². The average molecular weight is 273 g/mol. The number of methoxy groups -OCH3 is 1. The van der Waals surface area contributed by atoms with Crippen molar-refractivity contribution in [3.8, 4) is 17.0 Å². The highest BCUT2D eigenvalue weighted by atomic mass is 32.1. The Morgan fingerprint density at radius 1 is 1.42 bits per heavy atom. The minimum absolute atomic E-state index is 0.457. The molecule has 0 unspecified atom stereocenters. The molecule has 0 fully saturated rings. The first-order valence-corrected chi connectivity index (χ1v) is 6.91. The Labute approximate surface area is 115 Å². The van der Waals surface area contributed by atoms with Crippen molar-refractivity contribution in [1.82, 2.24) is 9.38 Å². The number of hydrogen-bond acceptors (Lipinski definition) is 4. The van der Waals surface area contributed by atoms with Crippen molar-refractivity contribution in [3.63, 3.8) is 0 Å². The lowest BCUT2D eigenvalue weighted by Gasteiger charge is -2.08. The lowest BCUT2D eigenvalue weighted by molar-refractivity contribution is 0.416. The molecule has 0 spiro atoms. The van der Waals surface area contributed by atoms with E-state index in [-0.39, 0.29) is 0 Å². The van der Waals surface area contributed by atoms with Crippen molar-refractivity contribution in [1.29, 1.82) is 0 Å². The molecular formula is C14H15N3OS. The van der Waals surface area contributed by atoms with Gasteiger partial charge in [-0.25, -0.2) is 4.98 Å². The van der Waals surface area contributed by atoms with Crippen LogP contribution >= 0.6 is 11.3 Å². The number of aryl methyl sites for hydroxylation is 1. The summed E-state index contributed by atoms with van der Waals surface area (Å²) in [5, 5.41) is 2.10. The van der Waals surface area contributed by atoms with Gasteiger partial charge in [-0.05, 0) is 19.1 Å². The number of hydrogen-bond donors (Lipinski definition) is 1. The number of imidazole rings is 1. The summed E-state index contributed by atoms with van der Waals surface area (Å²) in [5.41, 5.74) is 9.92. The molecule has 1 aromatic carbocycles. The van der Waals surface area contributed by atoms with Gasteiger partial charge in [0.05, 0.1) is 18.5 Å². The first-order valence-electron chi connectivity index (χ1n) is 6.03. The Bertz CT molecular complexity index is 729. The molecule has 2 N–H and O–H groups in total. The molecule has 0 aliphatic carbocycles. The quantitative estimate of drug-likeness (QED) is 0.798. The first kappa shape index (κ1) is 12.2. The molecule has 0 aliphatic rings. The number of nitrogens with zero attached hydrogens (tertiary/aromatic N) is 2. The smallest absolute Gasteiger partial charge is 0.194 e. The number of aromatic nitrogens is 2. The van der Waals surface area contributed by atoms with Gasteiger partial charge >= 0.3 is 0 Å². The molecule has 2 aromatic heterocycles. The predicted octanol–water partition coefficient (Wildman–Crippen LogP) is 2.84. The van der Waals surface area contributed by atoms with Crippen LogP contribution in [0.25, 0.3) is 16.2 Å². The second-order valence-electron chi connectivity index (χ2n) is 4.41. The molecule has 5 heteroatoms. The number of nitrogens with two attached hydrogens (primary N) is 1. The van der Waals surface area contributed by atoms with E-state index in [1.807, 2.05) is 18.3 Å². The summed E-state index contributed by atoms with van der Waals surface area (Å²) in [6.07, 6.45) is 1.99. The number of ether oxygens (including phenoxy) is 1. The molecule has 0 aliphatic heterocycles. The van der Waals surface area contributed by atoms with Crippen LogP contribution < -0.4 is 10.5 Å². The summed E-state index contributed by atoms with van der Waals surface area (Å²) < 4.78 is 7.53. The SMILES string of the molecule is COc1ccc(C)cc1-c1csc2nc(CN)cn12. The molecule has 0 amide bonds. The van der Waals surface area contributed by atoms with E-state index in [4.69, 9.17) is 10.5 Å². The number of thiazole rings is 1. The summed E-state index contributed by atoms with van der Waals surface area (Å²) in [6, 6.07) is 6.17. The molecule has 4 nitrogen and oxygen atoms in total. The van der Waals surface area contributed by atoms with Crippen LogP contribution in [0.5, 0.6) is 5.75 Å². The molecule has 0 saturated carbocycles. The van der Waals surface area contributed by atoms with E-state index in [2.05, 4.69) is 27.8 Å². The summed E-state index contributed by atoms with van der Waals surface area (Å²) in [5.74, 6) is 0.869. The Hall–Kier alpha value is -1.85. The topological polar surface area (TPSA) is 52.5 Å². The van der Waals surface area contributed by atoms with Gasteiger partial charge < -0.3 is 10.5 Å². The van der Waals surface area contributed by atoms with Crippen LogP contribution in [0.4, 0.5) is 0 Å². The van der Waals surface area contributed by atoms with E-state index in [0.717, 1.165) is 27.7 Å². The highest BCUT2D eigenvalue weighted by Crippen LogP contribution is 2.33. The lowest BCUT2D eigenvalue weighted by atomic mass is 10.1. The molecule has 2 heterocycles. The van der Waals surface area contributed by atoms with Crippen LogP contribution in [0, 0.1) is 6.92 Å². The minimum atomic E-state index is 0.457. The zero-order valence-corrected chi connectivity index (χ0v) is 11.7. The van der Waals surface area contributed by atoms with Gasteiger partial charge in [0.2, 0.25) is 0 Å². The van der Waals surface area contributed by atoms with Crippen molar-refractivity contribution < 1.29 is 4.74 Å². The first-order chi connectivity index (χ1) is 9.22. The zero-order valence-electron chi connectivity index (χ0n) is 10.9. The molecule has 0 atom stereocenters. The van der Waals surface area contributed by atoms with Crippen molar-refractivity contribution in [2.24, 2.45) is 5.73 Å². The third kappa shape index (κ3) is 2.01. The summed E-state index contributed by atoms with van der Waals surface area (Å²) in [4.78, 5) is 5.43. The molecular weight excluding hydrogens is 258 g/mol. The Morgan fingerprint density at radius 3 is 3.00 bits per heavy atom. The third-order valence-electron chi connectivity index (χ3n) is 3.10. The van der Waals surface area contributed by atoms with Gasteiger partial charge in [0.25, 0.3) is 0 Å². The average Bonchev–Trinajstić information content (AvgIpc) is 2.97. The molecule has 19 heavy (non-hydrogen) atoms. The van der Waals surface area contributed by atoms with Crippen molar-refractivity contribution in [3.05, 3.63) is 41.0 Å². The van der Waals surface area contributed by atoms with Crippen LogP contribution in [-0.2, 0) is 6.54 Å². The molecule has 0 bridgehead atoms. The van der Waals surface area contributed by atoms with Gasteiger partial charge in [-0.15, -0.1) is 11.3 Å². The fourth-order valence-corrected chi connectivity index (χ4v) is 3.04. The number of rotatable bonds is 3. The second-order valence-corrected chi connectivity index (χ2v) is 5.25. The second kappa shape index (κ2) is 4.68. The summed E-state index contributed by atoms with van der Waals surface area (Å²) >= 11 is 1.61. The largest absolute Gasteiger partial charge is 0.496 e. The van der Waals surface area contributed by atoms with Crippen molar-refractivity contribution in [2.45, 2.75) is 13.5 Å². The summed E-state index contributed by atoms with van der Waals surface area (Å²) in [6.45, 7) is 2.53. The molecule has 3 aromatic rings. The molecule has 0 saturated heterocycles. The highest BCUT2D eigenvalue weighted by molar-refractivity contribution is 7.15. The van der Waals surface area contributed by atoms with Crippen LogP contribution in [-0.4, -0.2) is 16.5 Å². The normalized spacial score (nSPS) is 11.1. The Kier molecular flexibility index (Phi) is 3.00. The Morgan fingerprint density at radius 2 is 2.26 bits per heavy atom. The maximum Gasteiger partial charge on any atom is 0.194 e. The molecule has 3 rings (SSSR count). The van der Waals surface area contributed by atoms with Gasteiger partial charge in [-0.1, -0.05) is 11.6 Å². The van der Waals surface area contributed by atoms with Gasteiger partial charge in [0.1, 0.15) is 5.75 Å². The Balaban J connectivity index is 2.23. The minimum Gasteiger partial charge on any atom is -0.496 e. The monoisotopic (exact) mass is 273 g/mol. The van der Waals surface area contributed by atoms with Crippen molar-refractivity contribution >= 4 is 16.3 Å². The number of fused-ring (bicyclic) bond motifs is 1. The highest BCUT2D eigenvalue weighted by Gasteiger charge is 2.13. The maximum absolute atomic E-state index is 5.65. The van der Waals surface area contributed by atoms with E-state index in [9.17, 15) is 0 Å². The van der Waals surface area contributed by atoms with E-state index in [0.29, 0.717) is 6.54 Å². The van der Waals surface area contributed by atoms with Crippen LogP contribution in [0.3, 0.4) is 0 Å². The predicted molar refractivity (Wildman–Crippen MR) is 77.7 cm³/mol. The molecule has 0 radical (unpaired) electrons. The van der Waals surface area contributed by atoms with Gasteiger partial charge in [0, 0.05) is 23.7 Å². The zero-order chi connectivity index (χ0) is 13.4. The van der Waals surface area contributed by atoms with Gasteiger partial charge in [-0.2, -0.15) is 0 Å². The maximum atomic E-state index is 5.65. The van der Waals surface area contributed by atoms with Crippen molar-refractivity contribution in [2.75, 3.05) is 7.11 Å². The van der Waals surface area contributed by atoms with Gasteiger partial charge in [-0.3, -0.25) is 4.40 Å². The van der Waals surface area contributed by atoms with E-state index in [1.165, 1.54) is 5.56 Å². The van der Waals surface area contributed by atoms with Crippen LogP contribution in [0.2, 0.25) is 0 Å². The standard InChI is InChI=1S/C14H15N3OS/c1-9-3-4-13(18-2)11(5-9)12-8-19-14-16-10(6-15)7-17(12)14/h3-5,7-8H,6,15H2,1-2H3. The van der Waals surface area contributed by atoms with Crippen LogP contribution in [0.1, 0.15) is 11.3 Å². The van der Waals surface area contributed by atoms with Crippen LogP contribution in [0.15, 0.2) is 29.8 Å². The third-order valence-corrected chi connectivity index (χ3v) is 3.94. The fourth-order valence-electron chi connectivity index (χ4n) is 2.14. The number of benzene rings is 1. The van der Waals surface area contributed by atoms with E-state index in [1.54, 1.807) is 18.4 Å². The molecule has 98 valence electrons. The van der Waals surface area contributed by atoms with E-state index >= 15 is 0 Å². The van der Waals surface area contributed by atoms with Gasteiger partial charge in [0.15, 0.2) is 4.96 Å².